The summed E-state index contributed by atoms with van der Waals surface area (Å²) in [6.07, 6.45) is 1.83. The predicted octanol–water partition coefficient (Wildman–Crippen LogP) is 0.401. The summed E-state index contributed by atoms with van der Waals surface area (Å²) in [6.45, 7) is 2.16. The Bertz CT molecular complexity index is 449. The van der Waals surface area contributed by atoms with Gasteiger partial charge in [0.15, 0.2) is 0 Å². The molecule has 1 aromatic heterocycles. The number of H-pyrrole nitrogens is 1. The quantitative estimate of drug-likeness (QED) is 0.684. The third kappa shape index (κ3) is 2.80. The number of hydrogen-bond donors (Lipinski definition) is 3. The summed E-state index contributed by atoms with van der Waals surface area (Å²) in [6, 6.07) is 1.08. The minimum atomic E-state index is -3.58. The van der Waals surface area contributed by atoms with Crippen LogP contribution >= 0.6 is 0 Å². The normalized spacial score (nSPS) is 11.5. The molecular formula is C8H12N2O4S. The molecule has 0 saturated heterocycles. The van der Waals surface area contributed by atoms with Gasteiger partial charge in [0.2, 0.25) is 10.0 Å². The van der Waals surface area contributed by atoms with Gasteiger partial charge in [0.05, 0.1) is 0 Å². The van der Waals surface area contributed by atoms with Crippen molar-refractivity contribution in [3.8, 4) is 0 Å². The molecule has 0 bridgehead atoms. The van der Waals surface area contributed by atoms with Gasteiger partial charge in [-0.05, 0) is 12.5 Å². The van der Waals surface area contributed by atoms with E-state index in [2.05, 4.69) is 9.71 Å². The summed E-state index contributed by atoms with van der Waals surface area (Å²) < 4.78 is 25.3. The highest BCUT2D eigenvalue weighted by molar-refractivity contribution is 7.89. The number of rotatable bonds is 5. The van der Waals surface area contributed by atoms with Crippen molar-refractivity contribution in [2.45, 2.75) is 18.2 Å². The molecule has 0 unspecified atom stereocenters. The van der Waals surface area contributed by atoms with Crippen LogP contribution in [-0.2, 0) is 10.0 Å². The monoisotopic (exact) mass is 232 g/mol. The Labute approximate surface area is 87.4 Å². The number of carboxylic acid groups (broad SMARTS) is 1. The number of sulfonamides is 1. The highest BCUT2D eigenvalue weighted by Crippen LogP contribution is 2.10. The third-order valence-corrected chi connectivity index (χ3v) is 3.18. The van der Waals surface area contributed by atoms with Gasteiger partial charge < -0.3 is 10.1 Å². The number of aromatic carboxylic acids is 1. The van der Waals surface area contributed by atoms with Crippen LogP contribution in [0.3, 0.4) is 0 Å². The van der Waals surface area contributed by atoms with E-state index in [0.29, 0.717) is 13.0 Å². The van der Waals surface area contributed by atoms with Crippen LogP contribution in [0, 0.1) is 0 Å². The average molecular weight is 232 g/mol. The maximum Gasteiger partial charge on any atom is 0.352 e. The smallest absolute Gasteiger partial charge is 0.352 e. The topological polar surface area (TPSA) is 99.3 Å². The number of nitrogens with one attached hydrogen (secondary N) is 2. The Hall–Kier alpha value is -1.34. The molecule has 0 saturated carbocycles. The molecule has 0 atom stereocenters. The highest BCUT2D eigenvalue weighted by atomic mass is 32.2. The van der Waals surface area contributed by atoms with Crippen molar-refractivity contribution >= 4 is 16.0 Å². The summed E-state index contributed by atoms with van der Waals surface area (Å²) in [5.41, 5.74) is -0.146. The van der Waals surface area contributed by atoms with Crippen molar-refractivity contribution in [1.29, 1.82) is 0 Å². The molecule has 7 heteroatoms. The van der Waals surface area contributed by atoms with E-state index in [4.69, 9.17) is 5.11 Å². The molecule has 1 heterocycles. The molecule has 15 heavy (non-hydrogen) atoms. The van der Waals surface area contributed by atoms with Gasteiger partial charge in [-0.25, -0.2) is 17.9 Å². The minimum absolute atomic E-state index is 0.0617. The molecule has 0 aliphatic carbocycles. The van der Waals surface area contributed by atoms with Crippen LogP contribution in [0.15, 0.2) is 17.2 Å². The van der Waals surface area contributed by atoms with Gasteiger partial charge in [0, 0.05) is 12.7 Å². The molecule has 1 aromatic rings. The van der Waals surface area contributed by atoms with E-state index in [1.54, 1.807) is 0 Å². The van der Waals surface area contributed by atoms with Crippen molar-refractivity contribution in [3.05, 3.63) is 18.0 Å². The van der Waals surface area contributed by atoms with Crippen molar-refractivity contribution in [1.82, 2.24) is 9.71 Å². The van der Waals surface area contributed by atoms with Gasteiger partial charge in [0.1, 0.15) is 10.6 Å². The van der Waals surface area contributed by atoms with Crippen LogP contribution in [0.25, 0.3) is 0 Å². The van der Waals surface area contributed by atoms with Crippen LogP contribution in [0.5, 0.6) is 0 Å². The highest BCUT2D eigenvalue weighted by Gasteiger charge is 2.16. The van der Waals surface area contributed by atoms with E-state index in [9.17, 15) is 13.2 Å². The minimum Gasteiger partial charge on any atom is -0.477 e. The van der Waals surface area contributed by atoms with Crippen LogP contribution in [0.1, 0.15) is 23.8 Å². The molecular weight excluding hydrogens is 220 g/mol. The first kappa shape index (κ1) is 11.7. The van der Waals surface area contributed by atoms with E-state index >= 15 is 0 Å². The van der Waals surface area contributed by atoms with E-state index in [1.807, 2.05) is 6.92 Å². The Morgan fingerprint density at radius 2 is 2.27 bits per heavy atom. The molecule has 3 N–H and O–H groups in total. The fraction of sp³-hybridized carbons (Fsp3) is 0.375. The molecule has 0 radical (unpaired) electrons. The fourth-order valence-electron chi connectivity index (χ4n) is 0.973. The summed E-state index contributed by atoms with van der Waals surface area (Å²) in [4.78, 5) is 12.8. The van der Waals surface area contributed by atoms with Crippen molar-refractivity contribution in [3.63, 3.8) is 0 Å². The van der Waals surface area contributed by atoms with E-state index in [1.165, 1.54) is 0 Å². The maximum atomic E-state index is 11.5. The average Bonchev–Trinajstić information content (AvgIpc) is 2.64. The first-order chi connectivity index (χ1) is 6.97. The van der Waals surface area contributed by atoms with Crippen LogP contribution in [0.2, 0.25) is 0 Å². The van der Waals surface area contributed by atoms with Gasteiger partial charge in [0.25, 0.3) is 0 Å². The zero-order valence-electron chi connectivity index (χ0n) is 8.15. The third-order valence-electron chi connectivity index (χ3n) is 1.74. The Kier molecular flexibility index (Phi) is 3.48. The van der Waals surface area contributed by atoms with Crippen LogP contribution in [-0.4, -0.2) is 31.0 Å². The molecule has 0 amide bonds. The van der Waals surface area contributed by atoms with Gasteiger partial charge in [-0.3, -0.25) is 0 Å². The van der Waals surface area contributed by atoms with Gasteiger partial charge in [-0.15, -0.1) is 0 Å². The van der Waals surface area contributed by atoms with Crippen molar-refractivity contribution in [2.24, 2.45) is 0 Å². The molecule has 0 spiro atoms. The number of aromatic nitrogens is 1. The molecule has 0 aliphatic rings. The van der Waals surface area contributed by atoms with E-state index in [-0.39, 0.29) is 10.6 Å². The summed E-state index contributed by atoms with van der Waals surface area (Å²) >= 11 is 0. The van der Waals surface area contributed by atoms with Crippen molar-refractivity contribution < 1.29 is 18.3 Å². The number of hydrogen-bond acceptors (Lipinski definition) is 3. The second-order valence-electron chi connectivity index (χ2n) is 2.95. The molecule has 0 aromatic carbocycles. The Morgan fingerprint density at radius 1 is 1.60 bits per heavy atom. The molecule has 1 rings (SSSR count). The predicted molar refractivity (Wildman–Crippen MR) is 53.2 cm³/mol. The first-order valence-corrected chi connectivity index (χ1v) is 5.87. The first-order valence-electron chi connectivity index (χ1n) is 4.38. The zero-order chi connectivity index (χ0) is 11.5. The lowest BCUT2D eigenvalue weighted by Crippen LogP contribution is -2.23. The van der Waals surface area contributed by atoms with Crippen molar-refractivity contribution in [2.75, 3.05) is 6.54 Å². The summed E-state index contributed by atoms with van der Waals surface area (Å²) in [5, 5.41) is 8.59. The largest absolute Gasteiger partial charge is 0.477 e. The summed E-state index contributed by atoms with van der Waals surface area (Å²) in [7, 11) is -3.58. The Balaban J connectivity index is 2.91. The van der Waals surface area contributed by atoms with Gasteiger partial charge in [-0.2, -0.15) is 0 Å². The van der Waals surface area contributed by atoms with Crippen LogP contribution in [0.4, 0.5) is 0 Å². The molecule has 0 fully saturated rings. The van der Waals surface area contributed by atoms with Gasteiger partial charge in [-0.1, -0.05) is 6.92 Å². The number of carbonyl (C=O) groups is 1. The van der Waals surface area contributed by atoms with Crippen LogP contribution < -0.4 is 4.72 Å². The van der Waals surface area contributed by atoms with E-state index in [0.717, 1.165) is 12.3 Å². The lowest BCUT2D eigenvalue weighted by molar-refractivity contribution is 0.0691. The lowest BCUT2D eigenvalue weighted by atomic mass is 10.4. The second kappa shape index (κ2) is 4.45. The lowest BCUT2D eigenvalue weighted by Gasteiger charge is -2.01. The second-order valence-corrected chi connectivity index (χ2v) is 4.72. The Morgan fingerprint density at radius 3 is 2.73 bits per heavy atom. The number of carboxylic acids is 1. The zero-order valence-corrected chi connectivity index (χ0v) is 8.97. The molecule has 84 valence electrons. The van der Waals surface area contributed by atoms with Gasteiger partial charge >= 0.3 is 5.97 Å². The standard InChI is InChI=1S/C8H12N2O4S/c1-2-3-10-15(13,14)6-4-7(8(11)12)9-5-6/h4-5,9-10H,2-3H2,1H3,(H,11,12). The SMILES string of the molecule is CCCNS(=O)(=O)c1c[nH]c(C(=O)O)c1. The molecule has 0 aliphatic heterocycles. The van der Waals surface area contributed by atoms with E-state index < -0.39 is 16.0 Å². The molecule has 6 nitrogen and oxygen atoms in total. The fourth-order valence-corrected chi connectivity index (χ4v) is 2.10. The maximum absolute atomic E-state index is 11.5. The number of aromatic amines is 1. The summed E-state index contributed by atoms with van der Waals surface area (Å²) in [5.74, 6) is -1.19.